The molecular formula is C17H22N4O3. The summed E-state index contributed by atoms with van der Waals surface area (Å²) in [7, 11) is 4.00. The highest BCUT2D eigenvalue weighted by Gasteiger charge is 2.14. The number of phenolic OH excluding ortho intramolecular Hbond substituents is 1. The van der Waals surface area contributed by atoms with E-state index in [2.05, 4.69) is 14.8 Å². The molecule has 7 nitrogen and oxygen atoms in total. The Morgan fingerprint density at radius 1 is 1.17 bits per heavy atom. The molecule has 0 amide bonds. The van der Waals surface area contributed by atoms with Gasteiger partial charge in [0.15, 0.2) is 0 Å². The average molecular weight is 330 g/mol. The quantitative estimate of drug-likeness (QED) is 0.590. The normalized spacial score (nSPS) is 11.2. The van der Waals surface area contributed by atoms with Crippen molar-refractivity contribution in [2.75, 3.05) is 27.2 Å². The Labute approximate surface area is 141 Å². The molecule has 1 aromatic heterocycles. The minimum atomic E-state index is -0.513. The van der Waals surface area contributed by atoms with Gasteiger partial charge in [-0.15, -0.1) is 0 Å². The third-order valence-electron chi connectivity index (χ3n) is 3.65. The summed E-state index contributed by atoms with van der Waals surface area (Å²) in [5.41, 5.74) is 1.49. The monoisotopic (exact) mass is 330 g/mol. The zero-order valence-electron chi connectivity index (χ0n) is 13.9. The van der Waals surface area contributed by atoms with E-state index in [0.717, 1.165) is 18.8 Å². The lowest BCUT2D eigenvalue weighted by Crippen LogP contribution is -2.31. The van der Waals surface area contributed by atoms with E-state index >= 15 is 0 Å². The van der Waals surface area contributed by atoms with Crippen molar-refractivity contribution in [2.45, 2.75) is 13.1 Å². The van der Waals surface area contributed by atoms with Gasteiger partial charge in [0.05, 0.1) is 16.7 Å². The second-order valence-corrected chi connectivity index (χ2v) is 5.91. The first-order valence-electron chi connectivity index (χ1n) is 7.69. The van der Waals surface area contributed by atoms with Crippen molar-refractivity contribution in [3.8, 4) is 5.75 Å². The lowest BCUT2D eigenvalue weighted by atomic mass is 10.1. The molecule has 0 fully saturated rings. The van der Waals surface area contributed by atoms with Crippen LogP contribution in [0.15, 0.2) is 42.6 Å². The fourth-order valence-electron chi connectivity index (χ4n) is 2.32. The number of hydrogen-bond acceptors (Lipinski definition) is 6. The third-order valence-corrected chi connectivity index (χ3v) is 3.65. The van der Waals surface area contributed by atoms with Crippen molar-refractivity contribution in [2.24, 2.45) is 0 Å². The largest absolute Gasteiger partial charge is 0.507 e. The molecule has 1 N–H and O–H groups in total. The van der Waals surface area contributed by atoms with E-state index in [4.69, 9.17) is 0 Å². The van der Waals surface area contributed by atoms with Gasteiger partial charge < -0.3 is 10.0 Å². The molecular weight excluding hydrogens is 308 g/mol. The van der Waals surface area contributed by atoms with Crippen LogP contribution in [0.4, 0.5) is 5.69 Å². The number of benzene rings is 1. The van der Waals surface area contributed by atoms with Crippen LogP contribution >= 0.6 is 0 Å². The van der Waals surface area contributed by atoms with Crippen LogP contribution in [0, 0.1) is 10.1 Å². The summed E-state index contributed by atoms with van der Waals surface area (Å²) in [6.07, 6.45) is 1.75. The molecule has 2 rings (SSSR count). The summed E-state index contributed by atoms with van der Waals surface area (Å²) in [5, 5.41) is 20.9. The number of non-ortho nitro benzene ring substituents is 1. The van der Waals surface area contributed by atoms with Crippen LogP contribution in [0.3, 0.4) is 0 Å². The van der Waals surface area contributed by atoms with Gasteiger partial charge in [-0.1, -0.05) is 6.07 Å². The zero-order valence-corrected chi connectivity index (χ0v) is 13.9. The summed E-state index contributed by atoms with van der Waals surface area (Å²) in [5.74, 6) is -0.0555. The van der Waals surface area contributed by atoms with Gasteiger partial charge in [0.2, 0.25) is 0 Å². The first kappa shape index (κ1) is 17.8. The second-order valence-electron chi connectivity index (χ2n) is 5.91. The molecule has 24 heavy (non-hydrogen) atoms. The summed E-state index contributed by atoms with van der Waals surface area (Å²) >= 11 is 0. The van der Waals surface area contributed by atoms with E-state index in [9.17, 15) is 15.2 Å². The van der Waals surface area contributed by atoms with Crippen molar-refractivity contribution in [1.29, 1.82) is 0 Å². The molecule has 0 spiro atoms. The smallest absolute Gasteiger partial charge is 0.273 e. The van der Waals surface area contributed by atoms with Gasteiger partial charge in [-0.25, -0.2) is 0 Å². The summed E-state index contributed by atoms with van der Waals surface area (Å²) in [6, 6.07) is 9.98. The number of aromatic hydroxyl groups is 1. The van der Waals surface area contributed by atoms with Crippen molar-refractivity contribution in [3.05, 3.63) is 64.0 Å². The molecule has 0 radical (unpaired) electrons. The number of nitro groups is 1. The summed E-state index contributed by atoms with van der Waals surface area (Å²) < 4.78 is 0. The molecule has 0 aliphatic carbocycles. The molecule has 2 aromatic rings. The van der Waals surface area contributed by atoms with E-state index in [1.807, 2.05) is 32.3 Å². The molecule has 0 aliphatic heterocycles. The van der Waals surface area contributed by atoms with Crippen LogP contribution < -0.4 is 0 Å². The first-order valence-corrected chi connectivity index (χ1v) is 7.69. The highest BCUT2D eigenvalue weighted by Crippen LogP contribution is 2.25. The number of pyridine rings is 1. The van der Waals surface area contributed by atoms with E-state index < -0.39 is 4.92 Å². The SMILES string of the molecule is CN(C)CCN(Cc1ccccn1)Cc1ccc([N+](=O)[O-])cc1O. The van der Waals surface area contributed by atoms with Gasteiger partial charge >= 0.3 is 0 Å². The molecule has 0 unspecified atom stereocenters. The molecule has 7 heteroatoms. The number of likely N-dealkylation sites (N-methyl/N-ethyl adjacent to an activating group) is 1. The number of phenols is 1. The highest BCUT2D eigenvalue weighted by molar-refractivity contribution is 5.43. The Morgan fingerprint density at radius 3 is 2.54 bits per heavy atom. The maximum Gasteiger partial charge on any atom is 0.273 e. The minimum absolute atomic E-state index is 0.0555. The van der Waals surface area contributed by atoms with Gasteiger partial charge in [-0.05, 0) is 32.3 Å². The fourth-order valence-corrected chi connectivity index (χ4v) is 2.32. The fraction of sp³-hybridized carbons (Fsp3) is 0.353. The molecule has 0 saturated heterocycles. The second kappa shape index (κ2) is 8.37. The molecule has 1 heterocycles. The number of aromatic nitrogens is 1. The lowest BCUT2D eigenvalue weighted by molar-refractivity contribution is -0.384. The van der Waals surface area contributed by atoms with Gasteiger partial charge in [-0.2, -0.15) is 0 Å². The van der Waals surface area contributed by atoms with Crippen molar-refractivity contribution in [1.82, 2.24) is 14.8 Å². The molecule has 0 bridgehead atoms. The third kappa shape index (κ3) is 5.29. The maximum atomic E-state index is 10.8. The molecule has 0 atom stereocenters. The molecule has 0 aliphatic rings. The summed E-state index contributed by atoms with van der Waals surface area (Å²) in [6.45, 7) is 2.79. The Morgan fingerprint density at radius 2 is 1.96 bits per heavy atom. The van der Waals surface area contributed by atoms with Gasteiger partial charge in [-0.3, -0.25) is 20.0 Å². The summed E-state index contributed by atoms with van der Waals surface area (Å²) in [4.78, 5) is 18.8. The minimum Gasteiger partial charge on any atom is -0.507 e. The van der Waals surface area contributed by atoms with Crippen LogP contribution in [-0.2, 0) is 13.1 Å². The van der Waals surface area contributed by atoms with Crippen LogP contribution in [0.1, 0.15) is 11.3 Å². The van der Waals surface area contributed by atoms with Crippen molar-refractivity contribution in [3.63, 3.8) is 0 Å². The Kier molecular flexibility index (Phi) is 6.22. The predicted octanol–water partition coefficient (Wildman–Crippen LogP) is 2.26. The standard InChI is InChI=1S/C17H22N4O3/c1-19(2)9-10-20(13-15-5-3-4-8-18-15)12-14-6-7-16(21(23)24)11-17(14)22/h3-8,11,22H,9-10,12-13H2,1-2H3. The highest BCUT2D eigenvalue weighted by atomic mass is 16.6. The number of nitro benzene ring substituents is 1. The van der Waals surface area contributed by atoms with Gasteiger partial charge in [0, 0.05) is 44.0 Å². The van der Waals surface area contributed by atoms with E-state index in [1.54, 1.807) is 12.3 Å². The molecule has 128 valence electrons. The van der Waals surface area contributed by atoms with Crippen molar-refractivity contribution >= 4 is 5.69 Å². The van der Waals surface area contributed by atoms with E-state index in [-0.39, 0.29) is 11.4 Å². The average Bonchev–Trinajstić information content (AvgIpc) is 2.55. The van der Waals surface area contributed by atoms with E-state index in [1.165, 1.54) is 12.1 Å². The van der Waals surface area contributed by atoms with Crippen LogP contribution in [0.5, 0.6) is 5.75 Å². The number of rotatable bonds is 8. The number of nitrogens with zero attached hydrogens (tertiary/aromatic N) is 4. The van der Waals surface area contributed by atoms with Crippen LogP contribution in [0.2, 0.25) is 0 Å². The molecule has 0 saturated carbocycles. The topological polar surface area (TPSA) is 82.7 Å². The first-order chi connectivity index (χ1) is 11.5. The lowest BCUT2D eigenvalue weighted by Gasteiger charge is -2.24. The number of hydrogen-bond donors (Lipinski definition) is 1. The van der Waals surface area contributed by atoms with Crippen molar-refractivity contribution < 1.29 is 10.0 Å². The van der Waals surface area contributed by atoms with Crippen LogP contribution in [0.25, 0.3) is 0 Å². The maximum absolute atomic E-state index is 10.8. The Hall–Kier alpha value is -2.51. The van der Waals surface area contributed by atoms with E-state index in [0.29, 0.717) is 18.7 Å². The van der Waals surface area contributed by atoms with Crippen LogP contribution in [-0.4, -0.2) is 52.0 Å². The zero-order chi connectivity index (χ0) is 17.5. The van der Waals surface area contributed by atoms with Gasteiger partial charge in [0.25, 0.3) is 5.69 Å². The Bertz CT molecular complexity index is 677. The Balaban J connectivity index is 2.13. The molecule has 1 aromatic carbocycles. The van der Waals surface area contributed by atoms with Gasteiger partial charge in [0.1, 0.15) is 5.75 Å². The predicted molar refractivity (Wildman–Crippen MR) is 91.7 cm³/mol.